The molecule has 2 unspecified atom stereocenters. The lowest BCUT2D eigenvalue weighted by Crippen LogP contribution is -2.56. The molecule has 0 aromatic heterocycles. The molecule has 1 amide bonds. The van der Waals surface area contributed by atoms with Crippen LogP contribution in [0.2, 0.25) is 0 Å². The highest BCUT2D eigenvalue weighted by Gasteiger charge is 2.41. The van der Waals surface area contributed by atoms with E-state index < -0.39 is 40.7 Å². The number of carbonyl (C=O) groups excluding carboxylic acids is 1. The number of amides is 1. The van der Waals surface area contributed by atoms with Crippen LogP contribution < -0.4 is 14.8 Å². The third-order valence-electron chi connectivity index (χ3n) is 2.69. The summed E-state index contributed by atoms with van der Waals surface area (Å²) in [6.07, 6.45) is -6.23. The second-order valence-corrected chi connectivity index (χ2v) is 6.40. The minimum absolute atomic E-state index is 0.0112. The van der Waals surface area contributed by atoms with E-state index >= 15 is 0 Å². The highest BCUT2D eigenvalue weighted by molar-refractivity contribution is 7.88. The SMILES string of the molecule is CC(C)OC(=O)NS(=O)(=O)NC1CCC(C(F)(F)F)NC1. The molecule has 1 rings (SSSR count). The van der Waals surface area contributed by atoms with E-state index in [4.69, 9.17) is 0 Å². The van der Waals surface area contributed by atoms with Crippen LogP contribution in [0.3, 0.4) is 0 Å². The zero-order valence-electron chi connectivity index (χ0n) is 11.5. The average Bonchev–Trinajstić information content (AvgIpc) is 2.25. The van der Waals surface area contributed by atoms with Crippen molar-refractivity contribution < 1.29 is 31.1 Å². The second kappa shape index (κ2) is 6.79. The number of ether oxygens (including phenoxy) is 1. The molecule has 0 bridgehead atoms. The molecule has 0 aromatic carbocycles. The summed E-state index contributed by atoms with van der Waals surface area (Å²) in [5, 5.41) is 2.22. The fraction of sp³-hybridized carbons (Fsp3) is 0.900. The topological polar surface area (TPSA) is 96.5 Å². The third kappa shape index (κ3) is 6.48. The van der Waals surface area contributed by atoms with Crippen LogP contribution in [0.15, 0.2) is 0 Å². The quantitative estimate of drug-likeness (QED) is 0.701. The Hall–Kier alpha value is -1.07. The molecule has 1 saturated heterocycles. The van der Waals surface area contributed by atoms with Gasteiger partial charge in [0, 0.05) is 12.6 Å². The van der Waals surface area contributed by atoms with Crippen LogP contribution in [0.1, 0.15) is 26.7 Å². The Bertz CT molecular complexity index is 459. The van der Waals surface area contributed by atoms with Gasteiger partial charge in [-0.05, 0) is 26.7 Å². The average molecular weight is 333 g/mol. The molecule has 0 aliphatic carbocycles. The van der Waals surface area contributed by atoms with Gasteiger partial charge in [0.1, 0.15) is 6.04 Å². The molecule has 21 heavy (non-hydrogen) atoms. The standard InChI is InChI=1S/C10H18F3N3O4S/c1-6(2)20-9(17)16-21(18,19)15-7-3-4-8(14-5-7)10(11,12)13/h6-8,14-15H,3-5H2,1-2H3,(H,16,17). The van der Waals surface area contributed by atoms with Crippen LogP contribution in [-0.4, -0.2) is 45.4 Å². The third-order valence-corrected chi connectivity index (χ3v) is 3.77. The summed E-state index contributed by atoms with van der Waals surface area (Å²) in [5.74, 6) is 0. The van der Waals surface area contributed by atoms with Crippen molar-refractivity contribution in [2.75, 3.05) is 6.54 Å². The van der Waals surface area contributed by atoms with Crippen LogP contribution in [-0.2, 0) is 14.9 Å². The lowest BCUT2D eigenvalue weighted by atomic mass is 10.0. The molecule has 7 nitrogen and oxygen atoms in total. The molecule has 1 fully saturated rings. The van der Waals surface area contributed by atoms with Crippen LogP contribution in [0.4, 0.5) is 18.0 Å². The highest BCUT2D eigenvalue weighted by atomic mass is 32.2. The Morgan fingerprint density at radius 1 is 1.33 bits per heavy atom. The zero-order chi connectivity index (χ0) is 16.3. The summed E-state index contributed by atoms with van der Waals surface area (Å²) in [4.78, 5) is 11.2. The first-order valence-corrected chi connectivity index (χ1v) is 7.78. The van der Waals surface area contributed by atoms with Crippen molar-refractivity contribution in [1.29, 1.82) is 0 Å². The largest absolute Gasteiger partial charge is 0.446 e. The Morgan fingerprint density at radius 2 is 1.95 bits per heavy atom. The number of hydrogen-bond acceptors (Lipinski definition) is 5. The lowest BCUT2D eigenvalue weighted by Gasteiger charge is -2.31. The summed E-state index contributed by atoms with van der Waals surface area (Å²) >= 11 is 0. The molecule has 2 atom stereocenters. The molecule has 124 valence electrons. The van der Waals surface area contributed by atoms with Gasteiger partial charge >= 0.3 is 22.5 Å². The van der Waals surface area contributed by atoms with Gasteiger partial charge < -0.3 is 10.1 Å². The predicted octanol–water partition coefficient (Wildman–Crippen LogP) is 0.638. The molecule has 3 N–H and O–H groups in total. The second-order valence-electron chi connectivity index (χ2n) is 4.95. The normalized spacial score (nSPS) is 23.9. The lowest BCUT2D eigenvalue weighted by molar-refractivity contribution is -0.160. The van der Waals surface area contributed by atoms with E-state index in [9.17, 15) is 26.4 Å². The predicted molar refractivity (Wildman–Crippen MR) is 67.7 cm³/mol. The summed E-state index contributed by atoms with van der Waals surface area (Å²) in [6, 6.07) is -2.37. The van der Waals surface area contributed by atoms with E-state index in [0.717, 1.165) is 0 Å². The first kappa shape index (κ1) is 18.0. The van der Waals surface area contributed by atoms with Gasteiger partial charge in [-0.3, -0.25) is 0 Å². The maximum absolute atomic E-state index is 12.4. The minimum Gasteiger partial charge on any atom is -0.446 e. The molecule has 0 spiro atoms. The van der Waals surface area contributed by atoms with Gasteiger partial charge in [0.25, 0.3) is 0 Å². The van der Waals surface area contributed by atoms with Crippen molar-refractivity contribution in [3.05, 3.63) is 0 Å². The maximum Gasteiger partial charge on any atom is 0.422 e. The first-order chi connectivity index (χ1) is 9.49. The molecule has 1 heterocycles. The van der Waals surface area contributed by atoms with Gasteiger partial charge in [-0.2, -0.15) is 26.3 Å². The Balaban J connectivity index is 2.46. The monoisotopic (exact) mass is 333 g/mol. The number of alkyl halides is 3. The van der Waals surface area contributed by atoms with E-state index in [1.54, 1.807) is 18.6 Å². The highest BCUT2D eigenvalue weighted by Crippen LogP contribution is 2.26. The van der Waals surface area contributed by atoms with Gasteiger partial charge in [-0.25, -0.2) is 9.52 Å². The summed E-state index contributed by atoms with van der Waals surface area (Å²) in [5.41, 5.74) is 0. The zero-order valence-corrected chi connectivity index (χ0v) is 12.3. The number of halogens is 3. The van der Waals surface area contributed by atoms with Crippen molar-refractivity contribution in [3.63, 3.8) is 0 Å². The molecule has 0 aromatic rings. The van der Waals surface area contributed by atoms with E-state index in [0.29, 0.717) is 0 Å². The number of carbonyl (C=O) groups is 1. The van der Waals surface area contributed by atoms with Gasteiger partial charge in [0.15, 0.2) is 0 Å². The smallest absolute Gasteiger partial charge is 0.422 e. The number of rotatable bonds is 4. The fourth-order valence-electron chi connectivity index (χ4n) is 1.83. The van der Waals surface area contributed by atoms with Crippen LogP contribution in [0.25, 0.3) is 0 Å². The van der Waals surface area contributed by atoms with Gasteiger partial charge in [-0.1, -0.05) is 0 Å². The molecule has 1 aliphatic rings. The van der Waals surface area contributed by atoms with Gasteiger partial charge in [-0.15, -0.1) is 0 Å². The van der Waals surface area contributed by atoms with Crippen LogP contribution in [0, 0.1) is 0 Å². The van der Waals surface area contributed by atoms with E-state index in [2.05, 4.69) is 14.8 Å². The van der Waals surface area contributed by atoms with Crippen LogP contribution >= 0.6 is 0 Å². The molecule has 1 aliphatic heterocycles. The maximum atomic E-state index is 12.4. The van der Waals surface area contributed by atoms with Crippen molar-refractivity contribution >= 4 is 16.3 Å². The Kier molecular flexibility index (Phi) is 5.82. The van der Waals surface area contributed by atoms with E-state index in [-0.39, 0.29) is 19.4 Å². The Labute approximate surface area is 120 Å². The first-order valence-electron chi connectivity index (χ1n) is 6.30. The number of hydrogen-bond donors (Lipinski definition) is 3. The molecule has 0 saturated carbocycles. The Morgan fingerprint density at radius 3 is 2.38 bits per heavy atom. The number of piperidine rings is 1. The minimum atomic E-state index is -4.36. The van der Waals surface area contributed by atoms with Crippen molar-refractivity contribution in [2.24, 2.45) is 0 Å². The molecular formula is C10H18F3N3O4S. The van der Waals surface area contributed by atoms with E-state index in [1.165, 1.54) is 0 Å². The van der Waals surface area contributed by atoms with Gasteiger partial charge in [0.2, 0.25) is 0 Å². The summed E-state index contributed by atoms with van der Waals surface area (Å²) < 4.78 is 68.8. The van der Waals surface area contributed by atoms with Gasteiger partial charge in [0.05, 0.1) is 6.10 Å². The van der Waals surface area contributed by atoms with Crippen molar-refractivity contribution in [2.45, 2.75) is 51.1 Å². The molecular weight excluding hydrogens is 315 g/mol. The molecule has 0 radical (unpaired) electrons. The summed E-state index contributed by atoms with van der Waals surface area (Å²) in [7, 11) is -4.17. The van der Waals surface area contributed by atoms with Crippen LogP contribution in [0.5, 0.6) is 0 Å². The van der Waals surface area contributed by atoms with E-state index in [1.807, 2.05) is 0 Å². The fourth-order valence-corrected chi connectivity index (χ4v) is 2.80. The molecule has 11 heteroatoms. The summed E-state index contributed by atoms with van der Waals surface area (Å²) in [6.45, 7) is 2.91. The van der Waals surface area contributed by atoms with Crippen molar-refractivity contribution in [1.82, 2.24) is 14.8 Å². The number of nitrogens with one attached hydrogen (secondary N) is 3. The van der Waals surface area contributed by atoms with Crippen molar-refractivity contribution in [3.8, 4) is 0 Å².